The minimum Gasteiger partial charge on any atom is -0.486 e. The van der Waals surface area contributed by atoms with Crippen molar-refractivity contribution in [2.45, 2.75) is 26.0 Å². The van der Waals surface area contributed by atoms with Gasteiger partial charge in [0.25, 0.3) is 0 Å². The van der Waals surface area contributed by atoms with Crippen molar-refractivity contribution in [3.8, 4) is 5.75 Å². The van der Waals surface area contributed by atoms with Gasteiger partial charge in [0.2, 0.25) is 0 Å². The molecule has 1 saturated heterocycles. The molecular formula is C18H25N3O2. The van der Waals surface area contributed by atoms with Crippen LogP contribution in [0.4, 0.5) is 0 Å². The van der Waals surface area contributed by atoms with E-state index in [1.54, 1.807) is 6.20 Å². The molecule has 124 valence electrons. The van der Waals surface area contributed by atoms with Gasteiger partial charge in [-0.15, -0.1) is 0 Å². The largest absolute Gasteiger partial charge is 0.486 e. The first-order valence-electron chi connectivity index (χ1n) is 8.26. The molecule has 1 N–H and O–H groups in total. The number of nitrogens with zero attached hydrogens (tertiary/aromatic N) is 3. The van der Waals surface area contributed by atoms with E-state index in [2.05, 4.69) is 22.0 Å². The Morgan fingerprint density at radius 1 is 1.22 bits per heavy atom. The van der Waals surface area contributed by atoms with Gasteiger partial charge in [0.1, 0.15) is 18.2 Å². The van der Waals surface area contributed by atoms with E-state index in [0.717, 1.165) is 44.0 Å². The van der Waals surface area contributed by atoms with Crippen molar-refractivity contribution in [3.63, 3.8) is 0 Å². The zero-order chi connectivity index (χ0) is 16.1. The predicted octanol–water partition coefficient (Wildman–Crippen LogP) is 2.20. The monoisotopic (exact) mass is 315 g/mol. The summed E-state index contributed by atoms with van der Waals surface area (Å²) in [4.78, 5) is 6.71. The van der Waals surface area contributed by atoms with Gasteiger partial charge >= 0.3 is 0 Å². The number of ether oxygens (including phenoxy) is 1. The van der Waals surface area contributed by atoms with E-state index in [0.29, 0.717) is 19.1 Å². The van der Waals surface area contributed by atoms with E-state index in [1.807, 2.05) is 29.9 Å². The predicted molar refractivity (Wildman–Crippen MR) is 89.1 cm³/mol. The van der Waals surface area contributed by atoms with Crippen LogP contribution < -0.4 is 4.74 Å². The van der Waals surface area contributed by atoms with Gasteiger partial charge in [0, 0.05) is 32.6 Å². The van der Waals surface area contributed by atoms with E-state index >= 15 is 0 Å². The maximum Gasteiger partial charge on any atom is 0.146 e. The van der Waals surface area contributed by atoms with Crippen molar-refractivity contribution >= 4 is 0 Å². The van der Waals surface area contributed by atoms with Crippen molar-refractivity contribution in [2.75, 3.05) is 19.7 Å². The highest BCUT2D eigenvalue weighted by molar-refractivity contribution is 5.27. The molecule has 1 aromatic carbocycles. The van der Waals surface area contributed by atoms with Gasteiger partial charge in [-0.3, -0.25) is 4.90 Å². The summed E-state index contributed by atoms with van der Waals surface area (Å²) >= 11 is 0. The molecule has 5 nitrogen and oxygen atoms in total. The standard InChI is InChI=1S/C18H25N3O2/c1-20-11-8-19-18(20)14-23-17-4-2-15(3-5-17)12-21-9-6-16(13-22)7-10-21/h2-5,8,11,16,22H,6-7,9-10,12-14H2,1H3. The van der Waals surface area contributed by atoms with Crippen LogP contribution in [0.5, 0.6) is 5.75 Å². The third-order valence-corrected chi connectivity index (χ3v) is 4.58. The zero-order valence-corrected chi connectivity index (χ0v) is 13.7. The van der Waals surface area contributed by atoms with E-state index < -0.39 is 0 Å². The van der Waals surface area contributed by atoms with Gasteiger partial charge in [-0.25, -0.2) is 4.98 Å². The molecule has 3 rings (SSSR count). The number of aromatic nitrogens is 2. The van der Waals surface area contributed by atoms with Crippen molar-refractivity contribution in [3.05, 3.63) is 48.0 Å². The third-order valence-electron chi connectivity index (χ3n) is 4.58. The van der Waals surface area contributed by atoms with Crippen LogP contribution in [0.25, 0.3) is 0 Å². The minimum atomic E-state index is 0.329. The van der Waals surface area contributed by atoms with Gasteiger partial charge < -0.3 is 14.4 Å². The van der Waals surface area contributed by atoms with Crippen LogP contribution in [-0.2, 0) is 20.2 Å². The number of aliphatic hydroxyl groups excluding tert-OH is 1. The number of rotatable bonds is 6. The van der Waals surface area contributed by atoms with Gasteiger partial charge in [-0.2, -0.15) is 0 Å². The lowest BCUT2D eigenvalue weighted by molar-refractivity contribution is 0.127. The Kier molecular flexibility index (Phi) is 5.31. The summed E-state index contributed by atoms with van der Waals surface area (Å²) in [5, 5.41) is 9.20. The highest BCUT2D eigenvalue weighted by Gasteiger charge is 2.18. The molecule has 1 aliphatic heterocycles. The number of hydrogen-bond acceptors (Lipinski definition) is 4. The highest BCUT2D eigenvalue weighted by Crippen LogP contribution is 2.20. The summed E-state index contributed by atoms with van der Waals surface area (Å²) in [5.74, 6) is 2.28. The van der Waals surface area contributed by atoms with Gasteiger partial charge in [0.05, 0.1) is 0 Å². The molecule has 1 fully saturated rings. The molecule has 2 heterocycles. The van der Waals surface area contributed by atoms with E-state index in [9.17, 15) is 5.11 Å². The average Bonchev–Trinajstić information content (AvgIpc) is 3.00. The Hall–Kier alpha value is -1.85. The normalized spacial score (nSPS) is 16.6. The molecule has 0 unspecified atom stereocenters. The zero-order valence-electron chi connectivity index (χ0n) is 13.7. The summed E-state index contributed by atoms with van der Waals surface area (Å²) < 4.78 is 7.74. The summed E-state index contributed by atoms with van der Waals surface area (Å²) in [6, 6.07) is 8.31. The van der Waals surface area contributed by atoms with Gasteiger partial charge in [-0.05, 0) is 49.5 Å². The molecule has 0 bridgehead atoms. The van der Waals surface area contributed by atoms with Crippen molar-refractivity contribution < 1.29 is 9.84 Å². The maximum absolute atomic E-state index is 9.20. The second-order valence-corrected chi connectivity index (χ2v) is 6.29. The lowest BCUT2D eigenvalue weighted by atomic mass is 9.97. The number of piperidine rings is 1. The second kappa shape index (κ2) is 7.62. The van der Waals surface area contributed by atoms with Crippen LogP contribution in [0.15, 0.2) is 36.7 Å². The SMILES string of the molecule is Cn1ccnc1COc1ccc(CN2CCC(CO)CC2)cc1. The molecule has 1 aliphatic rings. The first-order valence-corrected chi connectivity index (χ1v) is 8.26. The summed E-state index contributed by atoms with van der Waals surface area (Å²) in [7, 11) is 1.97. The molecule has 0 radical (unpaired) electrons. The Balaban J connectivity index is 1.48. The molecule has 2 aromatic rings. The highest BCUT2D eigenvalue weighted by atomic mass is 16.5. The molecular weight excluding hydrogens is 290 g/mol. The van der Waals surface area contributed by atoms with Crippen LogP contribution >= 0.6 is 0 Å². The first kappa shape index (κ1) is 16.0. The molecule has 5 heteroatoms. The molecule has 0 atom stereocenters. The molecule has 0 amide bonds. The van der Waals surface area contributed by atoms with Crippen molar-refractivity contribution in [1.82, 2.24) is 14.5 Å². The molecule has 23 heavy (non-hydrogen) atoms. The Morgan fingerprint density at radius 2 is 1.96 bits per heavy atom. The third kappa shape index (κ3) is 4.33. The lowest BCUT2D eigenvalue weighted by Crippen LogP contribution is -2.34. The average molecular weight is 315 g/mol. The van der Waals surface area contributed by atoms with Crippen LogP contribution in [0.1, 0.15) is 24.2 Å². The maximum atomic E-state index is 9.20. The number of aliphatic hydroxyl groups is 1. The van der Waals surface area contributed by atoms with Crippen molar-refractivity contribution in [2.24, 2.45) is 13.0 Å². The number of likely N-dealkylation sites (tertiary alicyclic amines) is 1. The van der Waals surface area contributed by atoms with E-state index in [-0.39, 0.29) is 0 Å². The van der Waals surface area contributed by atoms with Gasteiger partial charge in [-0.1, -0.05) is 12.1 Å². The van der Waals surface area contributed by atoms with Crippen LogP contribution in [-0.4, -0.2) is 39.3 Å². The van der Waals surface area contributed by atoms with Crippen LogP contribution in [0.3, 0.4) is 0 Å². The van der Waals surface area contributed by atoms with Crippen molar-refractivity contribution in [1.29, 1.82) is 0 Å². The number of benzene rings is 1. The van der Waals surface area contributed by atoms with E-state index in [1.165, 1.54) is 5.56 Å². The van der Waals surface area contributed by atoms with Gasteiger partial charge in [0.15, 0.2) is 0 Å². The topological polar surface area (TPSA) is 50.5 Å². The Morgan fingerprint density at radius 3 is 2.57 bits per heavy atom. The van der Waals surface area contributed by atoms with Crippen LogP contribution in [0.2, 0.25) is 0 Å². The fourth-order valence-electron chi connectivity index (χ4n) is 2.96. The minimum absolute atomic E-state index is 0.329. The summed E-state index contributed by atoms with van der Waals surface area (Å²) in [6.07, 6.45) is 5.90. The molecule has 0 spiro atoms. The fourth-order valence-corrected chi connectivity index (χ4v) is 2.96. The first-order chi connectivity index (χ1) is 11.2. The lowest BCUT2D eigenvalue weighted by Gasteiger charge is -2.31. The number of imidazole rings is 1. The molecule has 0 aliphatic carbocycles. The summed E-state index contributed by atoms with van der Waals surface area (Å²) in [6.45, 7) is 3.93. The number of aryl methyl sites for hydroxylation is 1. The van der Waals surface area contributed by atoms with Crippen LogP contribution in [0, 0.1) is 5.92 Å². The molecule has 0 saturated carbocycles. The Bertz CT molecular complexity index is 601. The Labute approximate surface area is 137 Å². The number of hydrogen-bond donors (Lipinski definition) is 1. The quantitative estimate of drug-likeness (QED) is 0.888. The second-order valence-electron chi connectivity index (χ2n) is 6.29. The molecule has 1 aromatic heterocycles. The fraction of sp³-hybridized carbons (Fsp3) is 0.500. The summed E-state index contributed by atoms with van der Waals surface area (Å²) in [5.41, 5.74) is 1.30. The van der Waals surface area contributed by atoms with E-state index in [4.69, 9.17) is 4.74 Å². The smallest absolute Gasteiger partial charge is 0.146 e.